The molecule has 0 bridgehead atoms. The third kappa shape index (κ3) is 8.34. The Labute approximate surface area is 205 Å². The van der Waals surface area contributed by atoms with Crippen LogP contribution < -0.4 is 26.2 Å². The number of piperidine rings is 1. The lowest BCUT2D eigenvalue weighted by atomic mass is 9.95. The minimum absolute atomic E-state index is 0.192. The normalized spacial score (nSPS) is 16.9. The third-order valence-electron chi connectivity index (χ3n) is 6.04. The highest BCUT2D eigenvalue weighted by Crippen LogP contribution is 2.25. The Balaban J connectivity index is 1.44. The second-order valence-corrected chi connectivity index (χ2v) is 8.72. The standard InChI is InChI=1S/C24H36N6O5/c1-2-3-14-35-24(34)29-20(22(32)33)16-27-21(31)17-8-12-30(13-9-17)19-7-4-6-18(15-19)28-23-25-10-5-11-26-23/h4,6-7,15,17,20H,2-3,5,8-14,16H2,1H3,(H,27,31)(H,29,34)(H,32,33)(H2,25,26,28). The Kier molecular flexibility index (Phi) is 10.00. The number of alkyl carbamates (subject to hydrolysis) is 1. The fourth-order valence-electron chi connectivity index (χ4n) is 3.97. The molecule has 2 aliphatic heterocycles. The van der Waals surface area contributed by atoms with Gasteiger partial charge in [0, 0.05) is 50.0 Å². The van der Waals surface area contributed by atoms with E-state index in [1.807, 2.05) is 25.1 Å². The molecule has 11 nitrogen and oxygen atoms in total. The van der Waals surface area contributed by atoms with Crippen LogP contribution in [-0.4, -0.2) is 74.4 Å². The van der Waals surface area contributed by atoms with Gasteiger partial charge in [-0.25, -0.2) is 9.59 Å². The number of rotatable bonds is 10. The zero-order valence-electron chi connectivity index (χ0n) is 20.2. The number of carboxylic acid groups (broad SMARTS) is 1. The summed E-state index contributed by atoms with van der Waals surface area (Å²) < 4.78 is 4.94. The Hall–Kier alpha value is -3.50. The molecule has 2 heterocycles. The average molecular weight is 489 g/mol. The lowest BCUT2D eigenvalue weighted by molar-refractivity contribution is -0.139. The number of aliphatic carboxylic acids is 1. The number of carboxylic acids is 1. The molecule has 0 radical (unpaired) electrons. The van der Waals surface area contributed by atoms with Gasteiger partial charge in [0.25, 0.3) is 0 Å². The highest BCUT2D eigenvalue weighted by molar-refractivity contribution is 5.94. The molecule has 0 saturated carbocycles. The Morgan fingerprint density at radius 1 is 1.29 bits per heavy atom. The Bertz CT molecular complexity index is 900. The molecule has 35 heavy (non-hydrogen) atoms. The van der Waals surface area contributed by atoms with Crippen LogP contribution in [0, 0.1) is 5.92 Å². The quantitative estimate of drug-likeness (QED) is 0.313. The molecule has 0 aromatic heterocycles. The topological polar surface area (TPSA) is 144 Å². The van der Waals surface area contributed by atoms with Crippen molar-refractivity contribution >= 4 is 35.3 Å². The smallest absolute Gasteiger partial charge is 0.407 e. The SMILES string of the molecule is CCCCOC(=O)NC(CNC(=O)C1CCN(c2cccc(NC3=NCCCN3)c2)CC1)C(=O)O. The van der Waals surface area contributed by atoms with E-state index in [1.54, 1.807) is 0 Å². The summed E-state index contributed by atoms with van der Waals surface area (Å²) in [5.74, 6) is -0.851. The molecular formula is C24H36N6O5. The van der Waals surface area contributed by atoms with Crippen molar-refractivity contribution in [2.75, 3.05) is 49.5 Å². The van der Waals surface area contributed by atoms with Crippen LogP contribution in [0.15, 0.2) is 29.3 Å². The van der Waals surface area contributed by atoms with Crippen LogP contribution in [0.3, 0.4) is 0 Å². The molecule has 2 amide bonds. The fourth-order valence-corrected chi connectivity index (χ4v) is 3.97. The number of ether oxygens (including phenoxy) is 1. The molecule has 1 unspecified atom stereocenters. The number of benzene rings is 1. The Morgan fingerprint density at radius 3 is 2.77 bits per heavy atom. The molecular weight excluding hydrogens is 452 g/mol. The van der Waals surface area contributed by atoms with Crippen LogP contribution in [0.4, 0.5) is 16.2 Å². The number of amides is 2. The van der Waals surface area contributed by atoms with Crippen LogP contribution in [0.2, 0.25) is 0 Å². The van der Waals surface area contributed by atoms with Crippen LogP contribution in [0.5, 0.6) is 0 Å². The molecule has 5 N–H and O–H groups in total. The van der Waals surface area contributed by atoms with Gasteiger partial charge in [-0.05, 0) is 43.9 Å². The number of guanidine groups is 1. The van der Waals surface area contributed by atoms with Crippen molar-refractivity contribution in [2.24, 2.45) is 10.9 Å². The number of carbonyl (C=O) groups is 3. The summed E-state index contributed by atoms with van der Waals surface area (Å²) in [5, 5.41) is 20.9. The second-order valence-electron chi connectivity index (χ2n) is 8.72. The van der Waals surface area contributed by atoms with Crippen molar-refractivity contribution in [3.05, 3.63) is 24.3 Å². The van der Waals surface area contributed by atoms with Crippen molar-refractivity contribution in [2.45, 2.75) is 45.1 Å². The van der Waals surface area contributed by atoms with E-state index in [2.05, 4.69) is 37.2 Å². The number of anilines is 2. The zero-order valence-corrected chi connectivity index (χ0v) is 20.2. The van der Waals surface area contributed by atoms with Crippen LogP contribution >= 0.6 is 0 Å². The number of hydrogen-bond donors (Lipinski definition) is 5. The molecule has 2 aliphatic rings. The van der Waals surface area contributed by atoms with E-state index in [4.69, 9.17) is 4.74 Å². The first kappa shape index (κ1) is 26.1. The van der Waals surface area contributed by atoms with Crippen LogP contribution in [0.25, 0.3) is 0 Å². The molecule has 11 heteroatoms. The maximum absolute atomic E-state index is 12.6. The van der Waals surface area contributed by atoms with Crippen LogP contribution in [-0.2, 0) is 14.3 Å². The first-order valence-corrected chi connectivity index (χ1v) is 12.3. The van der Waals surface area contributed by atoms with Gasteiger partial charge in [0.15, 0.2) is 5.96 Å². The fraction of sp³-hybridized carbons (Fsp3) is 0.583. The minimum Gasteiger partial charge on any atom is -0.480 e. The van der Waals surface area contributed by atoms with E-state index in [0.717, 1.165) is 43.3 Å². The first-order chi connectivity index (χ1) is 17.0. The Morgan fingerprint density at radius 2 is 2.09 bits per heavy atom. The predicted octanol–water partition coefficient (Wildman–Crippen LogP) is 1.76. The third-order valence-corrected chi connectivity index (χ3v) is 6.04. The van der Waals surface area contributed by atoms with Gasteiger partial charge in [-0.2, -0.15) is 0 Å². The maximum atomic E-state index is 12.6. The van der Waals surface area contributed by atoms with Crippen molar-refractivity contribution in [3.8, 4) is 0 Å². The van der Waals surface area contributed by atoms with Gasteiger partial charge in [0.05, 0.1) is 6.61 Å². The van der Waals surface area contributed by atoms with Gasteiger partial charge in [-0.15, -0.1) is 0 Å². The lowest BCUT2D eigenvalue weighted by Gasteiger charge is -2.33. The predicted molar refractivity (Wildman–Crippen MR) is 134 cm³/mol. The van der Waals surface area contributed by atoms with E-state index in [9.17, 15) is 19.5 Å². The zero-order chi connectivity index (χ0) is 25.0. The summed E-state index contributed by atoms with van der Waals surface area (Å²) >= 11 is 0. The molecule has 1 aromatic rings. The molecule has 1 fully saturated rings. The van der Waals surface area contributed by atoms with Gasteiger partial charge in [-0.1, -0.05) is 19.4 Å². The first-order valence-electron chi connectivity index (χ1n) is 12.3. The number of aliphatic imine (C=N–C) groups is 1. The largest absolute Gasteiger partial charge is 0.480 e. The minimum atomic E-state index is -1.24. The number of nitrogens with one attached hydrogen (secondary N) is 4. The summed E-state index contributed by atoms with van der Waals surface area (Å²) in [6.45, 7) is 5.15. The summed E-state index contributed by atoms with van der Waals surface area (Å²) in [6.07, 6.45) is 3.11. The summed E-state index contributed by atoms with van der Waals surface area (Å²) in [6, 6.07) is 6.86. The summed E-state index contributed by atoms with van der Waals surface area (Å²) in [7, 11) is 0. The van der Waals surface area contributed by atoms with E-state index < -0.39 is 18.1 Å². The highest BCUT2D eigenvalue weighted by atomic mass is 16.5. The highest BCUT2D eigenvalue weighted by Gasteiger charge is 2.27. The van der Waals surface area contributed by atoms with E-state index in [-0.39, 0.29) is 25.0 Å². The number of unbranched alkanes of at least 4 members (excludes halogenated alkanes) is 1. The average Bonchev–Trinajstić information content (AvgIpc) is 2.87. The van der Waals surface area contributed by atoms with E-state index >= 15 is 0 Å². The second kappa shape index (κ2) is 13.4. The molecule has 1 aromatic carbocycles. The van der Waals surface area contributed by atoms with Crippen molar-refractivity contribution < 1.29 is 24.2 Å². The van der Waals surface area contributed by atoms with Crippen molar-refractivity contribution in [3.63, 3.8) is 0 Å². The molecule has 0 aliphatic carbocycles. The number of hydrogen-bond acceptors (Lipinski definition) is 8. The summed E-state index contributed by atoms with van der Waals surface area (Å²) in [4.78, 5) is 42.5. The molecule has 3 rings (SSSR count). The number of carbonyl (C=O) groups excluding carboxylic acids is 2. The van der Waals surface area contributed by atoms with Crippen LogP contribution in [0.1, 0.15) is 39.0 Å². The van der Waals surface area contributed by atoms with Gasteiger partial charge in [0.2, 0.25) is 5.91 Å². The van der Waals surface area contributed by atoms with Crippen molar-refractivity contribution in [1.82, 2.24) is 16.0 Å². The number of nitrogens with zero attached hydrogens (tertiary/aromatic N) is 2. The molecule has 192 valence electrons. The van der Waals surface area contributed by atoms with Crippen molar-refractivity contribution in [1.29, 1.82) is 0 Å². The maximum Gasteiger partial charge on any atom is 0.407 e. The lowest BCUT2D eigenvalue weighted by Crippen LogP contribution is -2.50. The molecule has 0 spiro atoms. The monoisotopic (exact) mass is 488 g/mol. The van der Waals surface area contributed by atoms with Gasteiger partial charge in [-0.3, -0.25) is 9.79 Å². The van der Waals surface area contributed by atoms with Gasteiger partial charge in [0.1, 0.15) is 6.04 Å². The molecule has 1 atom stereocenters. The van der Waals surface area contributed by atoms with Gasteiger partial charge >= 0.3 is 12.1 Å². The van der Waals surface area contributed by atoms with E-state index in [0.29, 0.717) is 32.4 Å². The van der Waals surface area contributed by atoms with E-state index in [1.165, 1.54) is 0 Å². The summed E-state index contributed by atoms with van der Waals surface area (Å²) in [5.41, 5.74) is 2.03. The van der Waals surface area contributed by atoms with Gasteiger partial charge < -0.3 is 36.0 Å². The molecule has 1 saturated heterocycles.